The Kier molecular flexibility index (Phi) is 38.3. The Labute approximate surface area is 831 Å². The van der Waals surface area contributed by atoms with Gasteiger partial charge in [0.2, 0.25) is 59.1 Å². The topological polar surface area (TPSA) is 456 Å². The van der Waals surface area contributed by atoms with Crippen molar-refractivity contribution in [2.45, 2.75) is 225 Å². The highest BCUT2D eigenvalue weighted by Gasteiger charge is 2.53. The number of pyridine rings is 2. The van der Waals surface area contributed by atoms with E-state index in [2.05, 4.69) is 96.7 Å². The molecular weight excluding hydrogens is 1850 g/mol. The Morgan fingerprint density at radius 1 is 0.475 bits per heavy atom. The molecular formula is C103H134N16O20S2. The minimum atomic E-state index is -1.71. The molecule has 13 rings (SSSR count). The second-order valence-corrected chi connectivity index (χ2v) is 40.0. The molecule has 38 heteroatoms. The lowest BCUT2D eigenvalue weighted by Crippen LogP contribution is -2.65. The number of fused-ring (bicyclic) bond motifs is 4. The number of piperazine rings is 1. The number of thioether (sulfide) groups is 2. The minimum Gasteiger partial charge on any atom is -0.505 e. The molecule has 7 aliphatic rings. The van der Waals surface area contributed by atoms with Gasteiger partial charge in [-0.15, -0.1) is 0 Å². The predicted molar refractivity (Wildman–Crippen MR) is 529 cm³/mol. The standard InChI is InChI=1S/C54H71N9O10S.C41H53N7O10S.C8H10/c1-7-54(5)53(72)62-23-13-16-39(62)50(69)59(6)41(30-36-20-18-34(3)19-21-36)51(70)63-32-38(33-74-29-28-61-26-24-60(8-2)25-27-61)43(65)31-40(63)47(66)57-45(37-14-10-9-11-15-37)52(71)73-35(4)44(49(68)58-54)56-48(67)46-42(64)17-12-22-55-46;1-7-41(5)40(57)47-19-13-16-27(47)38(55)46(6)23(3)37(54)48-21-26(22-59-8-2)30(50)20-28(48)34(51)44-32(25-14-10-9-11-15-25)39(56)58-24(4)31(36(53)45-41)43-35(52)33-29(49)17-12-18-42-33;1-7-3-5-8(2)6-4-7/h9-12,14-15,17-22,35,38-41,44-45,64H,7-8,13,16,23-33H2,1-6H3,(H,56,67)(H,57,66)(H,58,68);9-12,14-15,17-18,23-24,26-28,31-32,49H,7-8,13,16,19-22H2,1-6H3,(H,43,52)(H,44,51)(H,45,53);3-6H,1-2H3/t35-,38?,39+,40+,41+,44+,45+,54?;23-,24+,26?,27-,28-,31-,32-,41?;/m10./s1. The molecule has 2 aromatic heterocycles. The van der Waals surface area contributed by atoms with Gasteiger partial charge in [-0.1, -0.05) is 154 Å². The van der Waals surface area contributed by atoms with E-state index >= 15 is 14.4 Å². The van der Waals surface area contributed by atoms with Crippen LogP contribution in [0.4, 0.5) is 0 Å². The third-order valence-corrected chi connectivity index (χ3v) is 29.8. The van der Waals surface area contributed by atoms with Gasteiger partial charge >= 0.3 is 11.9 Å². The molecule has 0 aliphatic carbocycles. The van der Waals surface area contributed by atoms with Crippen LogP contribution in [-0.4, -0.2) is 328 Å². The van der Waals surface area contributed by atoms with Crippen LogP contribution in [0.2, 0.25) is 0 Å². The molecule has 0 saturated carbocycles. The SMILES string of the molecule is CCN1CCN(CCSCC2CN3C(=O)[C@H](Cc4ccc(C)cc4)N(C)C(=O)[C@@H]4CCCN4C(=O)C(C)(CC)NC(=O)[C@@H](NC(=O)c4ncccc4O)[C@@H](C)OC(=O)[C@H](c4ccccc4)NC(=O)[C@@H]3CC2=O)CC1.CCSCC1CN2C(=O)[C@H](C)N(C)C(=O)[C@@H]3CCCN3C(=O)C(C)(CC)NC(=O)[C@@H](NC(=O)c3ncccc3O)[C@@H](C)OC(=O)[C@H](c3ccccc3)NC(=O)[C@@H]2CC1=O.Cc1ccc(C)cc1. The Bertz CT molecular complexity index is 5470. The van der Waals surface area contributed by atoms with Crippen molar-refractivity contribution in [1.82, 2.24) is 81.1 Å². The second-order valence-electron chi connectivity index (χ2n) is 37.5. The van der Waals surface area contributed by atoms with E-state index in [0.29, 0.717) is 24.3 Å². The number of carbonyl (C=O) groups is 16. The number of rotatable bonds is 19. The van der Waals surface area contributed by atoms with Crippen molar-refractivity contribution in [2.24, 2.45) is 11.8 Å². The zero-order valence-electron chi connectivity index (χ0n) is 82.7. The van der Waals surface area contributed by atoms with Gasteiger partial charge in [0.05, 0.1) is 0 Å². The van der Waals surface area contributed by atoms with E-state index in [-0.39, 0.29) is 93.8 Å². The number of aryl methyl sites for hydroxylation is 3. The maximum absolute atomic E-state index is 15.6. The number of hydrogen-bond acceptors (Lipinski definition) is 26. The summed E-state index contributed by atoms with van der Waals surface area (Å²) >= 11 is 3.13. The Morgan fingerprint density at radius 3 is 1.29 bits per heavy atom. The third-order valence-electron chi connectivity index (χ3n) is 27.7. The van der Waals surface area contributed by atoms with Crippen molar-refractivity contribution in [3.63, 3.8) is 0 Å². The largest absolute Gasteiger partial charge is 0.505 e. The number of benzene rings is 4. The number of aromatic hydroxyl groups is 2. The van der Waals surface area contributed by atoms with Gasteiger partial charge in [-0.25, -0.2) is 19.6 Å². The molecule has 12 amide bonds. The van der Waals surface area contributed by atoms with Crippen LogP contribution < -0.4 is 31.9 Å². The Balaban J connectivity index is 0.000000254. The molecule has 0 bridgehead atoms. The summed E-state index contributed by atoms with van der Waals surface area (Å²) in [6.07, 6.45) is 0.380. The van der Waals surface area contributed by atoms with Gasteiger partial charge in [0.25, 0.3) is 11.8 Å². The summed E-state index contributed by atoms with van der Waals surface area (Å²) in [7, 11) is 2.95. The maximum Gasteiger partial charge on any atom is 0.333 e. The van der Waals surface area contributed by atoms with E-state index in [1.165, 1.54) is 138 Å². The van der Waals surface area contributed by atoms with Crippen LogP contribution in [0.1, 0.15) is 180 Å². The molecule has 758 valence electrons. The van der Waals surface area contributed by atoms with Crippen LogP contribution in [-0.2, 0) is 83.0 Å². The smallest absolute Gasteiger partial charge is 0.333 e. The summed E-state index contributed by atoms with van der Waals surface area (Å²) in [6.45, 7) is 26.6. The van der Waals surface area contributed by atoms with Crippen molar-refractivity contribution < 1.29 is 96.4 Å². The summed E-state index contributed by atoms with van der Waals surface area (Å²) in [4.78, 5) is 252. The van der Waals surface area contributed by atoms with Crippen LogP contribution in [0.25, 0.3) is 0 Å². The number of piperidine rings is 2. The first kappa shape index (κ1) is 109. The Morgan fingerprint density at radius 2 is 0.879 bits per heavy atom. The van der Waals surface area contributed by atoms with Gasteiger partial charge in [-0.05, 0) is 147 Å². The zero-order valence-corrected chi connectivity index (χ0v) is 84.4. The highest BCUT2D eigenvalue weighted by molar-refractivity contribution is 7.99. The van der Waals surface area contributed by atoms with E-state index in [0.717, 1.165) is 61.9 Å². The molecule has 8 N–H and O–H groups in total. The number of esters is 2. The van der Waals surface area contributed by atoms with Crippen LogP contribution in [0, 0.1) is 32.6 Å². The van der Waals surface area contributed by atoms with E-state index < -0.39 is 201 Å². The molecule has 0 spiro atoms. The maximum atomic E-state index is 15.6. The lowest BCUT2D eigenvalue weighted by Gasteiger charge is -2.42. The zero-order chi connectivity index (χ0) is 102. The molecule has 0 radical (unpaired) electrons. The molecule has 141 heavy (non-hydrogen) atoms. The van der Waals surface area contributed by atoms with E-state index in [1.807, 2.05) is 38.1 Å². The van der Waals surface area contributed by atoms with Crippen molar-refractivity contribution in [3.8, 4) is 11.5 Å². The predicted octanol–water partition coefficient (Wildman–Crippen LogP) is 6.15. The molecule has 4 aromatic carbocycles. The van der Waals surface area contributed by atoms with Gasteiger partial charge in [0, 0.05) is 134 Å². The fourth-order valence-corrected chi connectivity index (χ4v) is 20.2. The second kappa shape index (κ2) is 49.6. The van der Waals surface area contributed by atoms with Crippen LogP contribution in [0.15, 0.2) is 146 Å². The summed E-state index contributed by atoms with van der Waals surface area (Å²) in [5, 5.41) is 36.9. The number of ether oxygens (including phenoxy) is 2. The fraction of sp³-hybridized carbons (Fsp3) is 0.515. The highest BCUT2D eigenvalue weighted by atomic mass is 32.2. The van der Waals surface area contributed by atoms with Crippen molar-refractivity contribution in [3.05, 3.63) is 191 Å². The number of carbonyl (C=O) groups excluding carboxylic acids is 16. The number of cyclic esters (lactones) is 2. The number of nitrogens with zero attached hydrogens (tertiary/aromatic N) is 10. The van der Waals surface area contributed by atoms with E-state index in [1.54, 1.807) is 86.3 Å². The van der Waals surface area contributed by atoms with Crippen LogP contribution >= 0.6 is 23.5 Å². The van der Waals surface area contributed by atoms with Crippen molar-refractivity contribution >= 4 is 118 Å². The molecule has 16 atom stereocenters. The summed E-state index contributed by atoms with van der Waals surface area (Å²) in [5.41, 5.74) is 0.745. The highest BCUT2D eigenvalue weighted by Crippen LogP contribution is 2.35. The number of ketones is 2. The fourth-order valence-electron chi connectivity index (χ4n) is 18.3. The first-order valence-corrected chi connectivity index (χ1v) is 50.7. The summed E-state index contributed by atoms with van der Waals surface area (Å²) in [6, 6.07) is 23.9. The van der Waals surface area contributed by atoms with E-state index in [4.69, 9.17) is 9.47 Å². The average molecular weight is 1980 g/mol. The van der Waals surface area contributed by atoms with E-state index in [9.17, 15) is 72.5 Å². The molecule has 7 aliphatic heterocycles. The Hall–Kier alpha value is -12.7. The van der Waals surface area contributed by atoms with Gasteiger partial charge < -0.3 is 85.9 Å². The normalized spacial score (nSPS) is 27.0. The molecule has 9 heterocycles. The first-order valence-electron chi connectivity index (χ1n) is 48.4. The molecule has 6 aromatic rings. The van der Waals surface area contributed by atoms with Crippen LogP contribution in [0.3, 0.4) is 0 Å². The first-order chi connectivity index (χ1) is 67.2. The lowest BCUT2D eigenvalue weighted by atomic mass is 9.90. The summed E-state index contributed by atoms with van der Waals surface area (Å²) < 4.78 is 11.8. The molecule has 7 fully saturated rings. The van der Waals surface area contributed by atoms with Gasteiger partial charge in [0.1, 0.15) is 94.7 Å². The molecule has 4 unspecified atom stereocenters. The number of hydrogen-bond donors (Lipinski definition) is 8. The van der Waals surface area contributed by atoms with Crippen molar-refractivity contribution in [2.75, 3.05) is 103 Å². The number of amides is 12. The molecule has 36 nitrogen and oxygen atoms in total. The monoisotopic (exact) mass is 1980 g/mol. The number of aromatic nitrogens is 2. The molecule has 7 saturated heterocycles. The lowest BCUT2D eigenvalue weighted by molar-refractivity contribution is -0.158. The van der Waals surface area contributed by atoms with Gasteiger partial charge in [0.15, 0.2) is 23.5 Å². The number of Topliss-reactive ketones (excluding diaryl/α,β-unsaturated/α-hetero) is 2. The number of nitrogens with one attached hydrogen (secondary N) is 6. The minimum absolute atomic E-state index is 0.0296. The van der Waals surface area contributed by atoms with Crippen molar-refractivity contribution in [1.29, 1.82) is 0 Å². The average Bonchev–Trinajstić information content (AvgIpc) is 1.68. The summed E-state index contributed by atoms with van der Waals surface area (Å²) in [5.74, 6) is -11.4. The van der Waals surface area contributed by atoms with Crippen LogP contribution in [0.5, 0.6) is 11.5 Å². The third kappa shape index (κ3) is 27.0. The van der Waals surface area contributed by atoms with Gasteiger partial charge in [-0.2, -0.15) is 23.5 Å². The number of likely N-dealkylation sites (N-methyl/N-ethyl adjacent to an activating group) is 3. The van der Waals surface area contributed by atoms with Gasteiger partial charge in [-0.3, -0.25) is 72.0 Å². The quantitative estimate of drug-likeness (QED) is 0.0333.